The highest BCUT2D eigenvalue weighted by Gasteiger charge is 1.93. The van der Waals surface area contributed by atoms with Gasteiger partial charge in [0.25, 0.3) is 0 Å². The topological polar surface area (TPSA) is 103 Å². The molecule has 0 radical (unpaired) electrons. The van der Waals surface area contributed by atoms with Gasteiger partial charge in [-0.05, 0) is 5.53 Å². The first-order valence-corrected chi connectivity index (χ1v) is 2.63. The number of nitrogens with zero attached hydrogens (tertiary/aromatic N) is 4. The molecule has 0 saturated heterocycles. The van der Waals surface area contributed by atoms with E-state index >= 15 is 0 Å². The number of anilines is 1. The van der Waals surface area contributed by atoms with Gasteiger partial charge in [-0.1, -0.05) is 5.11 Å². The molecule has 0 aliphatic heterocycles. The first-order chi connectivity index (χ1) is 4.83. The summed E-state index contributed by atoms with van der Waals surface area (Å²) in [4.78, 5) is 9.04. The van der Waals surface area contributed by atoms with Gasteiger partial charge in [-0.2, -0.15) is 0 Å². The van der Waals surface area contributed by atoms with Crippen LogP contribution in [0.5, 0.6) is 0 Å². The Hall–Kier alpha value is -1.68. The molecule has 1 aromatic rings. The summed E-state index contributed by atoms with van der Waals surface area (Å²) in [6.07, 6.45) is 1.60. The second-order valence-electron chi connectivity index (χ2n) is 1.67. The molecule has 6 nitrogen and oxygen atoms in total. The number of nitrogens with one attached hydrogen (secondary N) is 1. The maximum atomic E-state index is 7.92. The summed E-state index contributed by atoms with van der Waals surface area (Å²) in [5.74, 6) is 0.336. The fourth-order valence-electron chi connectivity index (χ4n) is 0.562. The highest BCUT2D eigenvalue weighted by molar-refractivity contribution is 5.18. The summed E-state index contributed by atoms with van der Waals surface area (Å²) in [5.41, 5.74) is 13.8. The van der Waals surface area contributed by atoms with E-state index in [1.807, 2.05) is 0 Å². The number of aromatic amines is 1. The van der Waals surface area contributed by atoms with Gasteiger partial charge in [0.1, 0.15) is 0 Å². The van der Waals surface area contributed by atoms with Gasteiger partial charge in [0.05, 0.1) is 12.2 Å². The lowest BCUT2D eigenvalue weighted by Gasteiger charge is -1.80. The van der Waals surface area contributed by atoms with Crippen LogP contribution in [0.15, 0.2) is 11.3 Å². The lowest BCUT2D eigenvalue weighted by molar-refractivity contribution is 0.997. The van der Waals surface area contributed by atoms with E-state index < -0.39 is 0 Å². The highest BCUT2D eigenvalue weighted by atomic mass is 15.1. The Morgan fingerprint density at radius 1 is 1.90 bits per heavy atom. The predicted molar refractivity (Wildman–Crippen MR) is 35.9 cm³/mol. The Labute approximate surface area is 56.7 Å². The molecule has 0 saturated carbocycles. The number of rotatable bonds is 2. The Bertz CT molecular complexity index is 256. The SMILES string of the molecule is [N-]=[N+]=NCc1c[nH]c(N)n1. The molecule has 3 N–H and O–H groups in total. The Morgan fingerprint density at radius 2 is 2.70 bits per heavy atom. The largest absolute Gasteiger partial charge is 0.369 e. The van der Waals surface area contributed by atoms with Gasteiger partial charge < -0.3 is 10.7 Å². The Kier molecular flexibility index (Phi) is 1.77. The third kappa shape index (κ3) is 1.40. The van der Waals surface area contributed by atoms with Crippen molar-refractivity contribution >= 4 is 5.95 Å². The number of nitrogen functional groups attached to an aromatic ring is 1. The molecule has 0 amide bonds. The smallest absolute Gasteiger partial charge is 0.197 e. The van der Waals surface area contributed by atoms with Gasteiger partial charge in [-0.3, -0.25) is 0 Å². The van der Waals surface area contributed by atoms with Crippen molar-refractivity contribution in [2.75, 3.05) is 5.73 Å². The lowest BCUT2D eigenvalue weighted by atomic mass is 10.5. The van der Waals surface area contributed by atoms with Crippen molar-refractivity contribution in [2.24, 2.45) is 5.11 Å². The van der Waals surface area contributed by atoms with Crippen LogP contribution < -0.4 is 5.73 Å². The zero-order valence-electron chi connectivity index (χ0n) is 5.15. The third-order valence-corrected chi connectivity index (χ3v) is 0.947. The van der Waals surface area contributed by atoms with Crippen LogP contribution in [0.4, 0.5) is 5.95 Å². The van der Waals surface area contributed by atoms with Gasteiger partial charge in [0.2, 0.25) is 0 Å². The van der Waals surface area contributed by atoms with E-state index in [9.17, 15) is 0 Å². The molecule has 1 heterocycles. The van der Waals surface area contributed by atoms with Crippen molar-refractivity contribution in [3.8, 4) is 0 Å². The van der Waals surface area contributed by atoms with Crippen molar-refractivity contribution in [1.29, 1.82) is 0 Å². The highest BCUT2D eigenvalue weighted by Crippen LogP contribution is 1.98. The molecule has 1 rings (SSSR count). The number of H-pyrrole nitrogens is 1. The standard InChI is InChI=1S/C4H6N6/c5-4-7-1-3(9-4)2-8-10-6/h1H,2H2,(H3,5,7,9). The van der Waals surface area contributed by atoms with Crippen LogP contribution in [0.2, 0.25) is 0 Å². The van der Waals surface area contributed by atoms with Crippen LogP contribution in [0.3, 0.4) is 0 Å². The number of imidazole rings is 1. The zero-order chi connectivity index (χ0) is 7.40. The molecular formula is C4H6N6. The monoisotopic (exact) mass is 138 g/mol. The first kappa shape index (κ1) is 6.44. The minimum atomic E-state index is 0.240. The lowest BCUT2D eigenvalue weighted by Crippen LogP contribution is -1.86. The fraction of sp³-hybridized carbons (Fsp3) is 0.250. The summed E-state index contributed by atoms with van der Waals surface area (Å²) in [7, 11) is 0. The summed E-state index contributed by atoms with van der Waals surface area (Å²) in [5, 5.41) is 3.30. The van der Waals surface area contributed by atoms with Gasteiger partial charge in [0, 0.05) is 11.1 Å². The summed E-state index contributed by atoms with van der Waals surface area (Å²) in [6.45, 7) is 0.240. The third-order valence-electron chi connectivity index (χ3n) is 0.947. The zero-order valence-corrected chi connectivity index (χ0v) is 5.15. The van der Waals surface area contributed by atoms with Crippen molar-refractivity contribution < 1.29 is 0 Å². The van der Waals surface area contributed by atoms with E-state index in [2.05, 4.69) is 20.0 Å². The maximum Gasteiger partial charge on any atom is 0.197 e. The average molecular weight is 138 g/mol. The minimum absolute atomic E-state index is 0.240. The normalized spacial score (nSPS) is 8.80. The molecule has 0 atom stereocenters. The molecule has 0 unspecified atom stereocenters. The van der Waals surface area contributed by atoms with E-state index in [1.54, 1.807) is 6.20 Å². The molecule has 0 aliphatic carbocycles. The van der Waals surface area contributed by atoms with Gasteiger partial charge in [-0.15, -0.1) is 0 Å². The summed E-state index contributed by atoms with van der Waals surface area (Å²) >= 11 is 0. The fourth-order valence-corrected chi connectivity index (χ4v) is 0.562. The molecule has 0 spiro atoms. The second kappa shape index (κ2) is 2.75. The number of nitrogens with two attached hydrogens (primary N) is 1. The average Bonchev–Trinajstić information content (AvgIpc) is 2.31. The Balaban J connectivity index is 2.66. The van der Waals surface area contributed by atoms with Crippen molar-refractivity contribution in [3.63, 3.8) is 0 Å². The molecule has 1 aromatic heterocycles. The second-order valence-corrected chi connectivity index (χ2v) is 1.67. The van der Waals surface area contributed by atoms with E-state index in [0.717, 1.165) is 0 Å². The molecule has 0 fully saturated rings. The molecule has 10 heavy (non-hydrogen) atoms. The molecule has 0 aliphatic rings. The van der Waals surface area contributed by atoms with Crippen LogP contribution in [-0.4, -0.2) is 9.97 Å². The summed E-state index contributed by atoms with van der Waals surface area (Å²) < 4.78 is 0. The minimum Gasteiger partial charge on any atom is -0.369 e. The van der Waals surface area contributed by atoms with Crippen LogP contribution in [0.25, 0.3) is 10.4 Å². The van der Waals surface area contributed by atoms with E-state index in [1.165, 1.54) is 0 Å². The van der Waals surface area contributed by atoms with E-state index in [0.29, 0.717) is 11.6 Å². The molecule has 0 aromatic carbocycles. The Morgan fingerprint density at radius 3 is 3.20 bits per heavy atom. The number of hydrogen-bond acceptors (Lipinski definition) is 3. The predicted octanol–water partition coefficient (Wildman–Crippen LogP) is 0.802. The van der Waals surface area contributed by atoms with Gasteiger partial charge >= 0.3 is 0 Å². The van der Waals surface area contributed by atoms with Crippen LogP contribution in [0.1, 0.15) is 5.69 Å². The first-order valence-electron chi connectivity index (χ1n) is 2.63. The van der Waals surface area contributed by atoms with Crippen molar-refractivity contribution in [3.05, 3.63) is 22.3 Å². The molecule has 6 heteroatoms. The summed E-state index contributed by atoms with van der Waals surface area (Å²) in [6, 6.07) is 0. The van der Waals surface area contributed by atoms with Crippen molar-refractivity contribution in [2.45, 2.75) is 6.54 Å². The molecule has 52 valence electrons. The maximum absolute atomic E-state index is 7.92. The van der Waals surface area contributed by atoms with Crippen LogP contribution in [0, 0.1) is 0 Å². The number of aromatic nitrogens is 2. The van der Waals surface area contributed by atoms with Crippen LogP contribution in [-0.2, 0) is 6.54 Å². The number of azide groups is 1. The molecular weight excluding hydrogens is 132 g/mol. The van der Waals surface area contributed by atoms with E-state index in [4.69, 9.17) is 11.3 Å². The van der Waals surface area contributed by atoms with Gasteiger partial charge in [-0.25, -0.2) is 4.98 Å². The van der Waals surface area contributed by atoms with E-state index in [-0.39, 0.29) is 6.54 Å². The molecule has 0 bridgehead atoms. The van der Waals surface area contributed by atoms with Crippen LogP contribution >= 0.6 is 0 Å². The quantitative estimate of drug-likeness (QED) is 0.358. The van der Waals surface area contributed by atoms with Gasteiger partial charge in [0.15, 0.2) is 5.95 Å². The van der Waals surface area contributed by atoms with Crippen molar-refractivity contribution in [1.82, 2.24) is 9.97 Å². The number of hydrogen-bond donors (Lipinski definition) is 2.